The van der Waals surface area contributed by atoms with Crippen LogP contribution >= 0.6 is 11.3 Å². The van der Waals surface area contributed by atoms with Gasteiger partial charge in [-0.15, -0.1) is 0 Å². The van der Waals surface area contributed by atoms with Gasteiger partial charge < -0.3 is 11.1 Å². The molecule has 128 valence electrons. The van der Waals surface area contributed by atoms with Crippen LogP contribution in [0.5, 0.6) is 0 Å². The van der Waals surface area contributed by atoms with Gasteiger partial charge in [0.25, 0.3) is 0 Å². The van der Waals surface area contributed by atoms with Gasteiger partial charge in [-0.05, 0) is 53.6 Å². The summed E-state index contributed by atoms with van der Waals surface area (Å²) in [7, 11) is 0. The Labute approximate surface area is 153 Å². The SMILES string of the molecule is NC(=O)c1ccc(-c2ccc(Nc3nc4ccc(F)cc4s3)cc2)cc1. The molecule has 6 heteroatoms. The van der Waals surface area contributed by atoms with Crippen LogP contribution in [-0.4, -0.2) is 10.9 Å². The number of hydrogen-bond donors (Lipinski definition) is 2. The molecule has 26 heavy (non-hydrogen) atoms. The number of primary amides is 1. The minimum atomic E-state index is -0.438. The monoisotopic (exact) mass is 363 g/mol. The molecule has 1 amide bonds. The van der Waals surface area contributed by atoms with Crippen LogP contribution in [0, 0.1) is 5.82 Å². The summed E-state index contributed by atoms with van der Waals surface area (Å²) in [5, 5.41) is 3.95. The highest BCUT2D eigenvalue weighted by atomic mass is 32.1. The van der Waals surface area contributed by atoms with Crippen LogP contribution in [0.3, 0.4) is 0 Å². The molecule has 0 saturated carbocycles. The highest BCUT2D eigenvalue weighted by Crippen LogP contribution is 2.29. The summed E-state index contributed by atoms with van der Waals surface area (Å²) in [6.07, 6.45) is 0. The highest BCUT2D eigenvalue weighted by Gasteiger charge is 2.06. The Bertz CT molecular complexity index is 1090. The lowest BCUT2D eigenvalue weighted by Crippen LogP contribution is -2.10. The molecule has 0 aliphatic heterocycles. The third-order valence-corrected chi connectivity index (χ3v) is 4.92. The van der Waals surface area contributed by atoms with Crippen molar-refractivity contribution in [2.75, 3.05) is 5.32 Å². The summed E-state index contributed by atoms with van der Waals surface area (Å²) < 4.78 is 14.1. The zero-order valence-corrected chi connectivity index (χ0v) is 14.4. The third-order valence-electron chi connectivity index (χ3n) is 3.99. The number of hydrogen-bond acceptors (Lipinski definition) is 4. The van der Waals surface area contributed by atoms with Gasteiger partial charge in [0.2, 0.25) is 5.91 Å². The van der Waals surface area contributed by atoms with E-state index in [0.717, 1.165) is 27.0 Å². The Balaban J connectivity index is 1.54. The third kappa shape index (κ3) is 3.27. The summed E-state index contributed by atoms with van der Waals surface area (Å²) in [6, 6.07) is 19.6. The highest BCUT2D eigenvalue weighted by molar-refractivity contribution is 7.22. The van der Waals surface area contributed by atoms with Gasteiger partial charge in [-0.25, -0.2) is 9.37 Å². The molecule has 4 nitrogen and oxygen atoms in total. The molecule has 1 heterocycles. The molecule has 3 N–H and O–H groups in total. The summed E-state index contributed by atoms with van der Waals surface area (Å²) >= 11 is 1.41. The number of rotatable bonds is 4. The molecule has 0 radical (unpaired) electrons. The second kappa shape index (κ2) is 6.57. The Kier molecular flexibility index (Phi) is 4.10. The number of fused-ring (bicyclic) bond motifs is 1. The van der Waals surface area contributed by atoms with E-state index in [9.17, 15) is 9.18 Å². The maximum Gasteiger partial charge on any atom is 0.248 e. The molecule has 0 unspecified atom stereocenters. The molecular weight excluding hydrogens is 349 g/mol. The van der Waals surface area contributed by atoms with Crippen LogP contribution in [0.25, 0.3) is 21.3 Å². The van der Waals surface area contributed by atoms with Crippen molar-refractivity contribution in [3.05, 3.63) is 78.1 Å². The van der Waals surface area contributed by atoms with Crippen molar-refractivity contribution in [3.63, 3.8) is 0 Å². The Morgan fingerprint density at radius 3 is 2.27 bits per heavy atom. The lowest BCUT2D eigenvalue weighted by Gasteiger charge is -2.06. The number of carbonyl (C=O) groups excluding carboxylic acids is 1. The van der Waals surface area contributed by atoms with Crippen LogP contribution in [0.4, 0.5) is 15.2 Å². The van der Waals surface area contributed by atoms with Crippen LogP contribution < -0.4 is 11.1 Å². The van der Waals surface area contributed by atoms with Crippen molar-refractivity contribution in [1.29, 1.82) is 0 Å². The molecule has 0 aliphatic carbocycles. The minimum absolute atomic E-state index is 0.264. The van der Waals surface area contributed by atoms with Crippen molar-refractivity contribution in [3.8, 4) is 11.1 Å². The Morgan fingerprint density at radius 1 is 0.962 bits per heavy atom. The second-order valence-electron chi connectivity index (χ2n) is 5.78. The van der Waals surface area contributed by atoms with Crippen LogP contribution in [0.2, 0.25) is 0 Å². The maximum atomic E-state index is 13.3. The zero-order valence-electron chi connectivity index (χ0n) is 13.6. The van der Waals surface area contributed by atoms with Crippen LogP contribution in [-0.2, 0) is 0 Å². The average Bonchev–Trinajstić information content (AvgIpc) is 3.03. The fourth-order valence-corrected chi connectivity index (χ4v) is 3.56. The molecule has 1 aromatic heterocycles. The number of nitrogens with one attached hydrogen (secondary N) is 1. The quantitative estimate of drug-likeness (QED) is 0.539. The first kappa shape index (κ1) is 16.2. The zero-order chi connectivity index (χ0) is 18.1. The lowest BCUT2D eigenvalue weighted by atomic mass is 10.0. The molecule has 0 saturated heterocycles. The van der Waals surface area contributed by atoms with Gasteiger partial charge in [0.1, 0.15) is 5.82 Å². The fourth-order valence-electron chi connectivity index (χ4n) is 2.65. The van der Waals surface area contributed by atoms with Crippen LogP contribution in [0.1, 0.15) is 10.4 Å². The number of thiazole rings is 1. The van der Waals surface area contributed by atoms with E-state index >= 15 is 0 Å². The maximum absolute atomic E-state index is 13.3. The van der Waals surface area contributed by atoms with Gasteiger partial charge in [0.15, 0.2) is 5.13 Å². The number of benzene rings is 3. The smallest absolute Gasteiger partial charge is 0.248 e. The largest absolute Gasteiger partial charge is 0.366 e. The van der Waals surface area contributed by atoms with Crippen molar-refractivity contribution in [2.45, 2.75) is 0 Å². The predicted octanol–water partition coefficient (Wildman–Crippen LogP) is 4.94. The van der Waals surface area contributed by atoms with Crippen molar-refractivity contribution < 1.29 is 9.18 Å². The van der Waals surface area contributed by atoms with E-state index in [-0.39, 0.29) is 5.82 Å². The van der Waals surface area contributed by atoms with E-state index in [1.807, 2.05) is 36.4 Å². The number of amides is 1. The summed E-state index contributed by atoms with van der Waals surface area (Å²) in [6.45, 7) is 0. The van der Waals surface area contributed by atoms with Gasteiger partial charge in [-0.1, -0.05) is 35.6 Å². The average molecular weight is 363 g/mol. The topological polar surface area (TPSA) is 68.0 Å². The van der Waals surface area contributed by atoms with E-state index in [1.165, 1.54) is 23.5 Å². The molecule has 0 aliphatic rings. The standard InChI is InChI=1S/C20H14FN3OS/c21-15-7-10-17-18(11-15)26-20(24-17)23-16-8-5-13(6-9-16)12-1-3-14(4-2-12)19(22)25/h1-11H,(H2,22,25)(H,23,24). The van der Waals surface area contributed by atoms with Crippen molar-refractivity contribution in [2.24, 2.45) is 5.73 Å². The Morgan fingerprint density at radius 2 is 1.62 bits per heavy atom. The molecule has 0 fully saturated rings. The first-order valence-corrected chi connectivity index (χ1v) is 8.73. The normalized spacial score (nSPS) is 10.8. The van der Waals surface area contributed by atoms with E-state index in [4.69, 9.17) is 5.73 Å². The Hall–Kier alpha value is -3.25. The first-order chi connectivity index (χ1) is 12.6. The first-order valence-electron chi connectivity index (χ1n) is 7.92. The molecule has 4 rings (SSSR count). The van der Waals surface area contributed by atoms with E-state index in [0.29, 0.717) is 10.7 Å². The summed E-state index contributed by atoms with van der Waals surface area (Å²) in [5.41, 5.74) is 9.43. The van der Waals surface area contributed by atoms with E-state index in [2.05, 4.69) is 10.3 Å². The molecule has 4 aromatic rings. The number of anilines is 2. The van der Waals surface area contributed by atoms with Gasteiger partial charge >= 0.3 is 0 Å². The van der Waals surface area contributed by atoms with Crippen molar-refractivity contribution in [1.82, 2.24) is 4.98 Å². The number of carbonyl (C=O) groups is 1. The second-order valence-corrected chi connectivity index (χ2v) is 6.81. The number of aromatic nitrogens is 1. The number of halogens is 1. The van der Waals surface area contributed by atoms with Gasteiger partial charge in [0, 0.05) is 11.3 Å². The number of nitrogens with two attached hydrogens (primary N) is 1. The van der Waals surface area contributed by atoms with Gasteiger partial charge in [-0.2, -0.15) is 0 Å². The predicted molar refractivity (Wildman–Crippen MR) is 103 cm³/mol. The fraction of sp³-hybridized carbons (Fsp3) is 0. The van der Waals surface area contributed by atoms with Gasteiger partial charge in [-0.3, -0.25) is 4.79 Å². The molecular formula is C20H14FN3OS. The summed E-state index contributed by atoms with van der Waals surface area (Å²) in [4.78, 5) is 15.6. The lowest BCUT2D eigenvalue weighted by molar-refractivity contribution is 0.100. The number of nitrogens with zero attached hydrogens (tertiary/aromatic N) is 1. The minimum Gasteiger partial charge on any atom is -0.366 e. The molecule has 0 bridgehead atoms. The van der Waals surface area contributed by atoms with Crippen molar-refractivity contribution >= 4 is 38.3 Å². The van der Waals surface area contributed by atoms with E-state index < -0.39 is 5.91 Å². The van der Waals surface area contributed by atoms with Crippen LogP contribution in [0.15, 0.2) is 66.7 Å². The van der Waals surface area contributed by atoms with Gasteiger partial charge in [0.05, 0.1) is 10.2 Å². The summed E-state index contributed by atoms with van der Waals surface area (Å²) in [5.74, 6) is -0.703. The molecule has 0 atom stereocenters. The van der Waals surface area contributed by atoms with E-state index in [1.54, 1.807) is 18.2 Å². The molecule has 3 aromatic carbocycles. The molecule has 0 spiro atoms.